The zero-order chi connectivity index (χ0) is 29.8. The molecule has 43 heavy (non-hydrogen) atoms. The summed E-state index contributed by atoms with van der Waals surface area (Å²) in [5.41, 5.74) is -0.0202. The van der Waals surface area contributed by atoms with Crippen LogP contribution in [0.25, 0.3) is 32.9 Å². The van der Waals surface area contributed by atoms with Gasteiger partial charge in [-0.3, -0.25) is 0 Å². The Kier molecular flexibility index (Phi) is 6.79. The lowest BCUT2D eigenvalue weighted by atomic mass is 9.95. The Hall–Kier alpha value is -4.47. The van der Waals surface area contributed by atoms with Crippen LogP contribution in [0.4, 0.5) is 14.6 Å². The number of phenols is 1. The summed E-state index contributed by atoms with van der Waals surface area (Å²) in [6.45, 7) is 2.92. The Morgan fingerprint density at radius 2 is 1.81 bits per heavy atom. The molecular formula is C34H31F2N5O2. The number of likely N-dealkylation sites (N-methyl/N-ethyl adjacent to an activating group) is 1. The number of fused-ring (bicyclic) bond motifs is 4. The van der Waals surface area contributed by atoms with Crippen LogP contribution in [0.5, 0.6) is 11.8 Å². The normalized spacial score (nSPS) is 21.8. The number of pyridine rings is 1. The number of benzene rings is 2. The number of ether oxygens (including phenoxy) is 1. The number of terminal acetylenes is 2. The molecule has 3 atom stereocenters. The predicted molar refractivity (Wildman–Crippen MR) is 162 cm³/mol. The van der Waals surface area contributed by atoms with E-state index in [-0.39, 0.29) is 51.2 Å². The third-order valence-electron chi connectivity index (χ3n) is 9.32. The highest BCUT2D eigenvalue weighted by molar-refractivity contribution is 6.04. The Balaban J connectivity index is 1.46. The summed E-state index contributed by atoms with van der Waals surface area (Å²) in [4.78, 5) is 18.4. The summed E-state index contributed by atoms with van der Waals surface area (Å²) < 4.78 is 37.8. The molecule has 4 aromatic rings. The average molecular weight is 580 g/mol. The molecule has 0 amide bonds. The zero-order valence-electron chi connectivity index (χ0n) is 23.9. The maximum absolute atomic E-state index is 16.8. The van der Waals surface area contributed by atoms with Gasteiger partial charge in [0.2, 0.25) is 0 Å². The van der Waals surface area contributed by atoms with Gasteiger partial charge in [-0.25, -0.2) is 13.8 Å². The summed E-state index contributed by atoms with van der Waals surface area (Å²) >= 11 is 0. The molecule has 0 radical (unpaired) electrons. The molecule has 7 nitrogen and oxygen atoms in total. The number of aromatic nitrogens is 3. The molecule has 0 spiro atoms. The van der Waals surface area contributed by atoms with Crippen LogP contribution in [0, 0.1) is 48.2 Å². The standard InChI is InChI=1S/C34H31F2N5O2/c1-4-24-26(35)11-10-21-14-23(42)15-25(28(21)24)31-30(36)32-29(27(5-2)37-31)33(41-16-19-8-9-20(13-19)17-41)39-34(38-32)43-18-22-7-6-12-40(22)3/h1-2,10-11,14-15,19-20,22,42H,6-9,12-13,16-18H2,3H3/t19?,20?,22-/m0/s1. The highest BCUT2D eigenvalue weighted by Gasteiger charge is 2.35. The van der Waals surface area contributed by atoms with Crippen molar-refractivity contribution in [3.05, 3.63) is 47.2 Å². The van der Waals surface area contributed by atoms with Crippen LogP contribution >= 0.6 is 0 Å². The largest absolute Gasteiger partial charge is 0.508 e. The maximum Gasteiger partial charge on any atom is 0.319 e. The molecule has 2 aliphatic heterocycles. The first-order valence-corrected chi connectivity index (χ1v) is 14.7. The van der Waals surface area contributed by atoms with Crippen molar-refractivity contribution in [3.8, 4) is 47.7 Å². The van der Waals surface area contributed by atoms with Crippen LogP contribution < -0.4 is 9.64 Å². The molecule has 3 fully saturated rings. The first-order valence-electron chi connectivity index (χ1n) is 14.7. The first kappa shape index (κ1) is 27.4. The molecule has 2 bridgehead atoms. The molecule has 2 aromatic heterocycles. The predicted octanol–water partition coefficient (Wildman–Crippen LogP) is 5.50. The van der Waals surface area contributed by atoms with Crippen LogP contribution in [-0.4, -0.2) is 64.3 Å². The molecular weight excluding hydrogens is 548 g/mol. The van der Waals surface area contributed by atoms with Gasteiger partial charge in [0.1, 0.15) is 40.9 Å². The van der Waals surface area contributed by atoms with Gasteiger partial charge in [-0.1, -0.05) is 12.0 Å². The van der Waals surface area contributed by atoms with Gasteiger partial charge < -0.3 is 19.6 Å². The van der Waals surface area contributed by atoms with Crippen molar-refractivity contribution in [2.45, 2.75) is 38.1 Å². The summed E-state index contributed by atoms with van der Waals surface area (Å²) in [6, 6.07) is 5.73. The number of piperidine rings is 1. The number of aromatic hydroxyl groups is 1. The SMILES string of the molecule is C#Cc1c(F)ccc2cc(O)cc(-c3nc(C#C)c4c(N5CC6CCC(C6)C5)nc(OC[C@@H]5CCCN5C)nc4c3F)c12. The lowest BCUT2D eigenvalue weighted by Crippen LogP contribution is -2.37. The third-order valence-corrected chi connectivity index (χ3v) is 9.32. The molecule has 1 N–H and O–H groups in total. The number of anilines is 1. The fourth-order valence-electron chi connectivity index (χ4n) is 7.21. The number of nitrogens with zero attached hydrogens (tertiary/aromatic N) is 5. The van der Waals surface area contributed by atoms with E-state index < -0.39 is 11.6 Å². The van der Waals surface area contributed by atoms with E-state index in [4.69, 9.17) is 22.6 Å². The van der Waals surface area contributed by atoms with Crippen LogP contribution in [0.3, 0.4) is 0 Å². The molecule has 2 saturated heterocycles. The van der Waals surface area contributed by atoms with Crippen molar-refractivity contribution in [2.75, 3.05) is 38.2 Å². The molecule has 3 aliphatic rings. The first-order chi connectivity index (χ1) is 20.8. The number of likely N-dealkylation sites (tertiary alicyclic amines) is 1. The van der Waals surface area contributed by atoms with E-state index in [1.165, 1.54) is 30.7 Å². The zero-order valence-corrected chi connectivity index (χ0v) is 23.9. The van der Waals surface area contributed by atoms with Gasteiger partial charge in [0.05, 0.1) is 10.9 Å². The molecule has 1 aliphatic carbocycles. The Labute approximate surface area is 248 Å². The van der Waals surface area contributed by atoms with Crippen molar-refractivity contribution in [1.29, 1.82) is 0 Å². The van der Waals surface area contributed by atoms with E-state index in [0.717, 1.165) is 45.3 Å². The fourth-order valence-corrected chi connectivity index (χ4v) is 7.21. The second-order valence-electron chi connectivity index (χ2n) is 12.0. The monoisotopic (exact) mass is 579 g/mol. The molecule has 1 saturated carbocycles. The van der Waals surface area contributed by atoms with Crippen molar-refractivity contribution < 1.29 is 18.6 Å². The van der Waals surface area contributed by atoms with Crippen molar-refractivity contribution in [3.63, 3.8) is 0 Å². The van der Waals surface area contributed by atoms with E-state index in [1.807, 2.05) is 0 Å². The number of hydrogen-bond donors (Lipinski definition) is 1. The lowest BCUT2D eigenvalue weighted by Gasteiger charge is -2.33. The molecule has 2 aromatic carbocycles. The van der Waals surface area contributed by atoms with E-state index >= 15 is 4.39 Å². The second-order valence-corrected chi connectivity index (χ2v) is 12.0. The molecule has 9 heteroatoms. The Morgan fingerprint density at radius 1 is 1.02 bits per heavy atom. The minimum Gasteiger partial charge on any atom is -0.508 e. The smallest absolute Gasteiger partial charge is 0.319 e. The van der Waals surface area contributed by atoms with Crippen molar-refractivity contribution >= 4 is 27.5 Å². The number of hydrogen-bond acceptors (Lipinski definition) is 7. The third kappa shape index (κ3) is 4.69. The molecule has 4 heterocycles. The number of phenolic OH excluding ortho intramolecular Hbond substituents is 1. The van der Waals surface area contributed by atoms with Gasteiger partial charge in [-0.2, -0.15) is 9.97 Å². The quantitative estimate of drug-likeness (QED) is 0.313. The minimum atomic E-state index is -0.778. The van der Waals surface area contributed by atoms with Gasteiger partial charge in [-0.15, -0.1) is 12.8 Å². The van der Waals surface area contributed by atoms with E-state index in [2.05, 4.69) is 38.7 Å². The second kappa shape index (κ2) is 10.7. The van der Waals surface area contributed by atoms with Crippen molar-refractivity contribution in [2.24, 2.45) is 11.8 Å². The number of rotatable bonds is 5. The maximum atomic E-state index is 16.8. The van der Waals surface area contributed by atoms with Crippen LogP contribution in [0.1, 0.15) is 43.4 Å². The van der Waals surface area contributed by atoms with Gasteiger partial charge in [0, 0.05) is 30.1 Å². The van der Waals surface area contributed by atoms with Crippen LogP contribution in [0.2, 0.25) is 0 Å². The summed E-state index contributed by atoms with van der Waals surface area (Å²) in [7, 11) is 2.06. The van der Waals surface area contributed by atoms with Gasteiger partial charge >= 0.3 is 6.01 Å². The van der Waals surface area contributed by atoms with Crippen LogP contribution in [-0.2, 0) is 0 Å². The van der Waals surface area contributed by atoms with Gasteiger partial charge in [-0.05, 0) is 87.0 Å². The van der Waals surface area contributed by atoms with Gasteiger partial charge in [0.25, 0.3) is 0 Å². The Morgan fingerprint density at radius 3 is 2.51 bits per heavy atom. The van der Waals surface area contributed by atoms with E-state index in [9.17, 15) is 9.50 Å². The Bertz CT molecular complexity index is 1850. The molecule has 7 rings (SSSR count). The fraction of sp³-hybridized carbons (Fsp3) is 0.382. The highest BCUT2D eigenvalue weighted by atomic mass is 19.1. The highest BCUT2D eigenvalue weighted by Crippen LogP contribution is 2.43. The number of halogens is 2. The van der Waals surface area contributed by atoms with Crippen molar-refractivity contribution in [1.82, 2.24) is 19.9 Å². The summed E-state index contributed by atoms with van der Waals surface area (Å²) in [6.07, 6.45) is 17.2. The molecule has 2 unspecified atom stereocenters. The molecule has 218 valence electrons. The summed E-state index contributed by atoms with van der Waals surface area (Å²) in [5.74, 6) is 4.99. The lowest BCUT2D eigenvalue weighted by molar-refractivity contribution is 0.188. The van der Waals surface area contributed by atoms with E-state index in [1.54, 1.807) is 0 Å². The minimum absolute atomic E-state index is 0.0363. The van der Waals surface area contributed by atoms with Gasteiger partial charge in [0.15, 0.2) is 5.82 Å². The average Bonchev–Trinajstić information content (AvgIpc) is 3.58. The topological polar surface area (TPSA) is 74.6 Å². The summed E-state index contributed by atoms with van der Waals surface area (Å²) in [5, 5.41) is 11.6. The van der Waals surface area contributed by atoms with E-state index in [0.29, 0.717) is 35.0 Å². The van der Waals surface area contributed by atoms with Crippen LogP contribution in [0.15, 0.2) is 24.3 Å².